The van der Waals surface area contributed by atoms with E-state index in [0.717, 1.165) is 11.1 Å². The number of methoxy groups -OCH3 is 1. The zero-order valence-corrected chi connectivity index (χ0v) is 16.0. The Bertz CT molecular complexity index is 1080. The minimum Gasteiger partial charge on any atom is -0.496 e. The fourth-order valence-electron chi connectivity index (χ4n) is 3.87. The summed E-state index contributed by atoms with van der Waals surface area (Å²) in [6.07, 6.45) is 0.183. The molecular formula is C24H21NO4. The van der Waals surface area contributed by atoms with Crippen molar-refractivity contribution >= 4 is 17.4 Å². The maximum Gasteiger partial charge on any atom is 0.261 e. The van der Waals surface area contributed by atoms with Gasteiger partial charge in [0.25, 0.3) is 5.91 Å². The molecule has 1 aliphatic rings. The maximum atomic E-state index is 13.0. The number of aliphatic hydroxyl groups is 1. The van der Waals surface area contributed by atoms with Crippen molar-refractivity contribution in [1.82, 2.24) is 0 Å². The fraction of sp³-hybridized carbons (Fsp3) is 0.167. The number of carbonyl (C=O) groups excluding carboxylic acids is 2. The topological polar surface area (TPSA) is 75.6 Å². The molecule has 1 atom stereocenters. The number of Topliss-reactive ketones (excluding diaryl/α,β-unsaturated/α-hetero) is 1. The standard InChI is InChI=1S/C24H21NO4/c1-29-21-13-6-5-11-18(21)20(26)15-24(28)22-17(14-16-8-3-2-4-9-16)10-7-12-19(22)25-23(24)27/h2-13,28H,14-15H2,1H3,(H,25,27). The molecule has 1 aliphatic heterocycles. The molecule has 0 saturated carbocycles. The lowest BCUT2D eigenvalue weighted by atomic mass is 9.83. The first-order valence-electron chi connectivity index (χ1n) is 9.39. The Morgan fingerprint density at radius 2 is 1.72 bits per heavy atom. The van der Waals surface area contributed by atoms with Crippen molar-refractivity contribution in [3.05, 3.63) is 95.1 Å². The van der Waals surface area contributed by atoms with Gasteiger partial charge in [0.15, 0.2) is 11.4 Å². The third kappa shape index (κ3) is 3.41. The van der Waals surface area contributed by atoms with Gasteiger partial charge in [0.1, 0.15) is 5.75 Å². The van der Waals surface area contributed by atoms with Crippen LogP contribution in [0.25, 0.3) is 0 Å². The zero-order chi connectivity index (χ0) is 20.4. The van der Waals surface area contributed by atoms with Crippen molar-refractivity contribution in [3.63, 3.8) is 0 Å². The molecule has 146 valence electrons. The monoisotopic (exact) mass is 387 g/mol. The number of rotatable bonds is 6. The molecule has 1 amide bonds. The van der Waals surface area contributed by atoms with Crippen molar-refractivity contribution < 1.29 is 19.4 Å². The summed E-state index contributed by atoms with van der Waals surface area (Å²) in [5.41, 5.74) is 1.28. The third-order valence-electron chi connectivity index (χ3n) is 5.25. The van der Waals surface area contributed by atoms with Gasteiger partial charge in [-0.25, -0.2) is 0 Å². The number of para-hydroxylation sites is 1. The van der Waals surface area contributed by atoms with Gasteiger partial charge in [-0.05, 0) is 35.7 Å². The Morgan fingerprint density at radius 1 is 1.00 bits per heavy atom. The first kappa shape index (κ1) is 18.9. The van der Waals surface area contributed by atoms with E-state index >= 15 is 0 Å². The van der Waals surface area contributed by atoms with Crippen LogP contribution in [0.5, 0.6) is 5.75 Å². The van der Waals surface area contributed by atoms with Gasteiger partial charge in [-0.3, -0.25) is 9.59 Å². The van der Waals surface area contributed by atoms with E-state index in [1.807, 2.05) is 42.5 Å². The number of benzene rings is 3. The average Bonchev–Trinajstić information content (AvgIpc) is 2.99. The van der Waals surface area contributed by atoms with Crippen LogP contribution < -0.4 is 10.1 Å². The Kier molecular flexibility index (Phi) is 4.91. The van der Waals surface area contributed by atoms with Crippen LogP contribution in [-0.4, -0.2) is 23.9 Å². The van der Waals surface area contributed by atoms with E-state index in [0.29, 0.717) is 29.0 Å². The lowest BCUT2D eigenvalue weighted by Gasteiger charge is -2.23. The second kappa shape index (κ2) is 7.53. The van der Waals surface area contributed by atoms with Crippen LogP contribution >= 0.6 is 0 Å². The lowest BCUT2D eigenvalue weighted by molar-refractivity contribution is -0.133. The number of amides is 1. The number of fused-ring (bicyclic) bond motifs is 1. The summed E-state index contributed by atoms with van der Waals surface area (Å²) in [7, 11) is 1.48. The van der Waals surface area contributed by atoms with Crippen LogP contribution in [0, 0.1) is 0 Å². The molecule has 2 N–H and O–H groups in total. The molecule has 5 nitrogen and oxygen atoms in total. The lowest BCUT2D eigenvalue weighted by Crippen LogP contribution is -2.37. The minimum absolute atomic E-state index is 0.338. The van der Waals surface area contributed by atoms with Gasteiger partial charge in [-0.2, -0.15) is 0 Å². The van der Waals surface area contributed by atoms with Gasteiger partial charge in [0.2, 0.25) is 0 Å². The molecule has 5 heteroatoms. The quantitative estimate of drug-likeness (QED) is 0.633. The normalized spacial score (nSPS) is 17.5. The summed E-state index contributed by atoms with van der Waals surface area (Å²) >= 11 is 0. The molecule has 3 aromatic rings. The van der Waals surface area contributed by atoms with E-state index in [-0.39, 0.29) is 12.2 Å². The van der Waals surface area contributed by atoms with Crippen molar-refractivity contribution in [2.75, 3.05) is 12.4 Å². The molecule has 29 heavy (non-hydrogen) atoms. The van der Waals surface area contributed by atoms with Crippen LogP contribution in [0.15, 0.2) is 72.8 Å². The van der Waals surface area contributed by atoms with Crippen LogP contribution in [0.3, 0.4) is 0 Å². The first-order chi connectivity index (χ1) is 14.0. The summed E-state index contributed by atoms with van der Waals surface area (Å²) in [5.74, 6) is -0.531. The molecule has 0 spiro atoms. The minimum atomic E-state index is -1.93. The van der Waals surface area contributed by atoms with Crippen molar-refractivity contribution in [2.24, 2.45) is 0 Å². The van der Waals surface area contributed by atoms with E-state index in [1.165, 1.54) is 7.11 Å². The summed E-state index contributed by atoms with van der Waals surface area (Å²) in [6.45, 7) is 0. The van der Waals surface area contributed by atoms with Crippen LogP contribution in [-0.2, 0) is 16.8 Å². The molecule has 0 bridgehead atoms. The van der Waals surface area contributed by atoms with Crippen molar-refractivity contribution in [3.8, 4) is 5.75 Å². The summed E-state index contributed by atoms with van der Waals surface area (Å²) < 4.78 is 5.26. The highest BCUT2D eigenvalue weighted by molar-refractivity contribution is 6.10. The fourth-order valence-corrected chi connectivity index (χ4v) is 3.87. The molecule has 0 radical (unpaired) electrons. The smallest absolute Gasteiger partial charge is 0.261 e. The Balaban J connectivity index is 1.72. The molecule has 0 aliphatic carbocycles. The Labute approximate surface area is 169 Å². The molecule has 4 rings (SSSR count). The van der Waals surface area contributed by atoms with E-state index in [4.69, 9.17) is 4.74 Å². The molecule has 0 saturated heterocycles. The van der Waals surface area contributed by atoms with Gasteiger partial charge in [0.05, 0.1) is 19.1 Å². The van der Waals surface area contributed by atoms with Crippen molar-refractivity contribution in [1.29, 1.82) is 0 Å². The number of hydrogen-bond donors (Lipinski definition) is 2. The van der Waals surface area contributed by atoms with Gasteiger partial charge < -0.3 is 15.2 Å². The average molecular weight is 387 g/mol. The zero-order valence-electron chi connectivity index (χ0n) is 16.0. The molecule has 0 fully saturated rings. The predicted molar refractivity (Wildman–Crippen MR) is 110 cm³/mol. The number of hydrogen-bond acceptors (Lipinski definition) is 4. The number of anilines is 1. The van der Waals surface area contributed by atoms with E-state index in [2.05, 4.69) is 5.32 Å². The van der Waals surface area contributed by atoms with Crippen LogP contribution in [0.4, 0.5) is 5.69 Å². The molecule has 1 unspecified atom stereocenters. The van der Waals surface area contributed by atoms with Crippen LogP contribution in [0.2, 0.25) is 0 Å². The van der Waals surface area contributed by atoms with Crippen LogP contribution in [0.1, 0.15) is 33.5 Å². The molecular weight excluding hydrogens is 366 g/mol. The Morgan fingerprint density at radius 3 is 2.48 bits per heavy atom. The SMILES string of the molecule is COc1ccccc1C(=O)CC1(O)C(=O)Nc2cccc(Cc3ccccc3)c21. The number of nitrogens with one attached hydrogen (secondary N) is 1. The predicted octanol–water partition coefficient (Wildman–Crippen LogP) is 3.70. The largest absolute Gasteiger partial charge is 0.496 e. The van der Waals surface area contributed by atoms with E-state index in [1.54, 1.807) is 30.3 Å². The summed E-state index contributed by atoms with van der Waals surface area (Å²) in [5, 5.41) is 14.1. The van der Waals surface area contributed by atoms with Crippen molar-refractivity contribution in [2.45, 2.75) is 18.4 Å². The van der Waals surface area contributed by atoms with Gasteiger partial charge >= 0.3 is 0 Å². The Hall–Kier alpha value is -3.44. The highest BCUT2D eigenvalue weighted by Gasteiger charge is 2.48. The number of carbonyl (C=O) groups is 2. The van der Waals surface area contributed by atoms with Gasteiger partial charge in [-0.15, -0.1) is 0 Å². The summed E-state index contributed by atoms with van der Waals surface area (Å²) in [6, 6.07) is 22.1. The first-order valence-corrected chi connectivity index (χ1v) is 9.39. The number of ether oxygens (including phenoxy) is 1. The van der Waals surface area contributed by atoms with E-state index in [9.17, 15) is 14.7 Å². The highest BCUT2D eigenvalue weighted by Crippen LogP contribution is 2.42. The molecule has 3 aromatic carbocycles. The van der Waals surface area contributed by atoms with Gasteiger partial charge in [0, 0.05) is 11.3 Å². The molecule has 0 aromatic heterocycles. The van der Waals surface area contributed by atoms with Gasteiger partial charge in [-0.1, -0.05) is 54.6 Å². The maximum absolute atomic E-state index is 13.0. The number of ketones is 1. The second-order valence-electron chi connectivity index (χ2n) is 7.12. The second-order valence-corrected chi connectivity index (χ2v) is 7.12. The highest BCUT2D eigenvalue weighted by atomic mass is 16.5. The molecule has 1 heterocycles. The third-order valence-corrected chi connectivity index (χ3v) is 5.25. The van der Waals surface area contributed by atoms with E-state index < -0.39 is 11.5 Å². The summed E-state index contributed by atoms with van der Waals surface area (Å²) in [4.78, 5) is 25.7.